The third kappa shape index (κ3) is 6.70. The van der Waals surface area contributed by atoms with E-state index in [4.69, 9.17) is 16.3 Å². The van der Waals surface area contributed by atoms with Crippen molar-refractivity contribution < 1.29 is 27.1 Å². The lowest BCUT2D eigenvalue weighted by Crippen LogP contribution is -2.31. The average molecular weight is 457 g/mol. The summed E-state index contributed by atoms with van der Waals surface area (Å²) in [6.45, 7) is 1.97. The van der Waals surface area contributed by atoms with Crippen molar-refractivity contribution in [2.45, 2.75) is 19.8 Å². The molecular weight excluding hydrogens is 435 g/mol. The Morgan fingerprint density at radius 3 is 2.40 bits per heavy atom. The molecule has 0 spiro atoms. The van der Waals surface area contributed by atoms with E-state index < -0.39 is 21.8 Å². The Balaban J connectivity index is 1.96. The van der Waals surface area contributed by atoms with Gasteiger partial charge < -0.3 is 10.1 Å². The van der Waals surface area contributed by atoms with Gasteiger partial charge in [-0.3, -0.25) is 9.10 Å². The van der Waals surface area contributed by atoms with Crippen LogP contribution in [0.2, 0.25) is 5.02 Å². The number of rotatable bonds is 9. The lowest BCUT2D eigenvalue weighted by Gasteiger charge is -2.22. The normalized spacial score (nSPS) is 11.1. The zero-order chi connectivity index (χ0) is 22.3. The Bertz CT molecular complexity index is 1010. The first-order valence-electron chi connectivity index (χ1n) is 9.11. The van der Waals surface area contributed by atoms with Gasteiger partial charge in [-0.25, -0.2) is 17.6 Å². The summed E-state index contributed by atoms with van der Waals surface area (Å²) in [5, 5.41) is 2.81. The standard InChI is InChI=1S/C20H22ClFN2O5S/c1-3-29-20(26)14-6-11-18(17(21)13-14)23-19(25)5-4-12-24(30(2,27)28)16-9-7-15(22)8-10-16/h6-11,13H,3-5,12H2,1-2H3,(H,23,25). The first-order valence-corrected chi connectivity index (χ1v) is 11.3. The van der Waals surface area contributed by atoms with Crippen LogP contribution in [-0.4, -0.2) is 39.7 Å². The van der Waals surface area contributed by atoms with Crippen LogP contribution in [0.4, 0.5) is 15.8 Å². The molecule has 0 saturated carbocycles. The van der Waals surface area contributed by atoms with Crippen molar-refractivity contribution >= 4 is 44.9 Å². The highest BCUT2D eigenvalue weighted by molar-refractivity contribution is 7.92. The van der Waals surface area contributed by atoms with E-state index in [2.05, 4.69) is 5.32 Å². The van der Waals surface area contributed by atoms with Crippen LogP contribution >= 0.6 is 11.6 Å². The molecule has 30 heavy (non-hydrogen) atoms. The van der Waals surface area contributed by atoms with Gasteiger partial charge in [0.05, 0.1) is 34.8 Å². The van der Waals surface area contributed by atoms with Gasteiger partial charge in [-0.05, 0) is 55.8 Å². The second-order valence-corrected chi connectivity index (χ2v) is 8.69. The van der Waals surface area contributed by atoms with Gasteiger partial charge in [-0.1, -0.05) is 11.6 Å². The third-order valence-corrected chi connectivity index (χ3v) is 5.54. The van der Waals surface area contributed by atoms with E-state index in [1.54, 1.807) is 6.92 Å². The summed E-state index contributed by atoms with van der Waals surface area (Å²) in [4.78, 5) is 23.9. The summed E-state index contributed by atoms with van der Waals surface area (Å²) in [6.07, 6.45) is 1.30. The smallest absolute Gasteiger partial charge is 0.338 e. The lowest BCUT2D eigenvalue weighted by atomic mass is 10.2. The molecule has 0 aliphatic rings. The summed E-state index contributed by atoms with van der Waals surface area (Å²) in [5.74, 6) is -1.36. The second kappa shape index (κ2) is 10.4. The first-order chi connectivity index (χ1) is 14.1. The zero-order valence-corrected chi connectivity index (χ0v) is 18.1. The van der Waals surface area contributed by atoms with Gasteiger partial charge in [0.2, 0.25) is 15.9 Å². The maximum Gasteiger partial charge on any atom is 0.338 e. The minimum absolute atomic E-state index is 0.0309. The van der Waals surface area contributed by atoms with Gasteiger partial charge in [-0.2, -0.15) is 0 Å². The van der Waals surface area contributed by atoms with Crippen LogP contribution in [0.1, 0.15) is 30.1 Å². The topological polar surface area (TPSA) is 92.8 Å². The van der Waals surface area contributed by atoms with E-state index in [0.29, 0.717) is 11.4 Å². The molecule has 2 aromatic carbocycles. The number of halogens is 2. The maximum absolute atomic E-state index is 13.1. The predicted octanol–water partition coefficient (Wildman–Crippen LogP) is 3.84. The van der Waals surface area contributed by atoms with Crippen LogP contribution in [0.5, 0.6) is 0 Å². The van der Waals surface area contributed by atoms with Gasteiger partial charge in [0.25, 0.3) is 0 Å². The molecular formula is C20H22ClFN2O5S. The highest BCUT2D eigenvalue weighted by Gasteiger charge is 2.18. The van der Waals surface area contributed by atoms with Crippen molar-refractivity contribution in [1.82, 2.24) is 0 Å². The van der Waals surface area contributed by atoms with Crippen molar-refractivity contribution in [2.75, 3.05) is 29.0 Å². The Morgan fingerprint density at radius 2 is 1.83 bits per heavy atom. The molecule has 0 atom stereocenters. The Kier molecular flexibility index (Phi) is 8.19. The molecule has 2 rings (SSSR count). The summed E-state index contributed by atoms with van der Waals surface area (Å²) in [7, 11) is -3.60. The number of nitrogens with one attached hydrogen (secondary N) is 1. The van der Waals surface area contributed by atoms with E-state index in [1.807, 2.05) is 0 Å². The van der Waals surface area contributed by atoms with E-state index >= 15 is 0 Å². The van der Waals surface area contributed by atoms with Gasteiger partial charge in [0.15, 0.2) is 0 Å². The van der Waals surface area contributed by atoms with Crippen molar-refractivity contribution in [2.24, 2.45) is 0 Å². The highest BCUT2D eigenvalue weighted by atomic mass is 35.5. The molecule has 2 aromatic rings. The molecule has 0 heterocycles. The fraction of sp³-hybridized carbons (Fsp3) is 0.300. The minimum Gasteiger partial charge on any atom is -0.462 e. The number of anilines is 2. The Labute approximate surface area is 179 Å². The van der Waals surface area contributed by atoms with Crippen LogP contribution in [0.25, 0.3) is 0 Å². The lowest BCUT2D eigenvalue weighted by molar-refractivity contribution is -0.116. The molecule has 0 aromatic heterocycles. The van der Waals surface area contributed by atoms with E-state index in [-0.39, 0.29) is 42.5 Å². The van der Waals surface area contributed by atoms with Gasteiger partial charge >= 0.3 is 5.97 Å². The number of hydrogen-bond donors (Lipinski definition) is 1. The summed E-state index contributed by atoms with van der Waals surface area (Å²) < 4.78 is 43.2. The van der Waals surface area contributed by atoms with Crippen LogP contribution < -0.4 is 9.62 Å². The fourth-order valence-electron chi connectivity index (χ4n) is 2.65. The SMILES string of the molecule is CCOC(=O)c1ccc(NC(=O)CCCN(c2ccc(F)cc2)S(C)(=O)=O)c(Cl)c1. The maximum atomic E-state index is 13.1. The van der Waals surface area contributed by atoms with Crippen LogP contribution in [-0.2, 0) is 19.6 Å². The second-order valence-electron chi connectivity index (χ2n) is 6.38. The molecule has 162 valence electrons. The highest BCUT2D eigenvalue weighted by Crippen LogP contribution is 2.24. The zero-order valence-electron chi connectivity index (χ0n) is 16.5. The van der Waals surface area contributed by atoms with Crippen LogP contribution in [0, 0.1) is 5.82 Å². The summed E-state index contributed by atoms with van der Waals surface area (Å²) in [6, 6.07) is 9.44. The average Bonchev–Trinajstić information content (AvgIpc) is 2.67. The molecule has 1 amide bonds. The molecule has 0 saturated heterocycles. The number of nitrogens with zero attached hydrogens (tertiary/aromatic N) is 1. The molecule has 0 aliphatic carbocycles. The molecule has 1 N–H and O–H groups in total. The van der Waals surface area contributed by atoms with Crippen molar-refractivity contribution in [3.8, 4) is 0 Å². The van der Waals surface area contributed by atoms with Crippen molar-refractivity contribution in [1.29, 1.82) is 0 Å². The molecule has 0 bridgehead atoms. The number of carbonyl (C=O) groups is 2. The largest absolute Gasteiger partial charge is 0.462 e. The number of ether oxygens (including phenoxy) is 1. The van der Waals surface area contributed by atoms with E-state index in [9.17, 15) is 22.4 Å². The minimum atomic E-state index is -3.60. The number of benzene rings is 2. The molecule has 7 nitrogen and oxygen atoms in total. The quantitative estimate of drug-likeness (QED) is 0.579. The van der Waals surface area contributed by atoms with E-state index in [0.717, 1.165) is 10.6 Å². The summed E-state index contributed by atoms with van der Waals surface area (Å²) >= 11 is 6.11. The van der Waals surface area contributed by atoms with Crippen LogP contribution in [0.3, 0.4) is 0 Å². The van der Waals surface area contributed by atoms with Crippen LogP contribution in [0.15, 0.2) is 42.5 Å². The predicted molar refractivity (Wildman–Crippen MR) is 114 cm³/mol. The third-order valence-electron chi connectivity index (χ3n) is 4.03. The number of hydrogen-bond acceptors (Lipinski definition) is 5. The Hall–Kier alpha value is -2.65. The molecule has 0 aliphatic heterocycles. The first kappa shape index (κ1) is 23.6. The van der Waals surface area contributed by atoms with Crippen molar-refractivity contribution in [3.63, 3.8) is 0 Å². The number of amides is 1. The van der Waals surface area contributed by atoms with Crippen molar-refractivity contribution in [3.05, 3.63) is 58.9 Å². The van der Waals surface area contributed by atoms with Gasteiger partial charge in [0.1, 0.15) is 5.82 Å². The van der Waals surface area contributed by atoms with Gasteiger partial charge in [0, 0.05) is 13.0 Å². The Morgan fingerprint density at radius 1 is 1.17 bits per heavy atom. The monoisotopic (exact) mass is 456 g/mol. The fourth-order valence-corrected chi connectivity index (χ4v) is 3.84. The molecule has 10 heteroatoms. The van der Waals surface area contributed by atoms with Gasteiger partial charge in [-0.15, -0.1) is 0 Å². The molecule has 0 unspecified atom stereocenters. The number of sulfonamides is 1. The van der Waals surface area contributed by atoms with E-state index in [1.165, 1.54) is 42.5 Å². The number of esters is 1. The molecule has 0 radical (unpaired) electrons. The number of carbonyl (C=O) groups excluding carboxylic acids is 2. The molecule has 0 fully saturated rings. The summed E-state index contributed by atoms with van der Waals surface area (Å²) in [5.41, 5.74) is 0.910.